The highest BCUT2D eigenvalue weighted by Crippen LogP contribution is 2.31. The van der Waals surface area contributed by atoms with Crippen molar-refractivity contribution in [2.75, 3.05) is 13.6 Å². The number of nitrogens with zero attached hydrogens (tertiary/aromatic N) is 1. The van der Waals surface area contributed by atoms with Gasteiger partial charge in [0.05, 0.1) is 6.54 Å². The summed E-state index contributed by atoms with van der Waals surface area (Å²) >= 11 is 0. The van der Waals surface area contributed by atoms with Gasteiger partial charge in [-0.1, -0.05) is 30.3 Å². The highest BCUT2D eigenvalue weighted by Gasteiger charge is 2.40. The maximum atomic E-state index is 11.3. The van der Waals surface area contributed by atoms with Gasteiger partial charge < -0.3 is 9.64 Å². The number of hydrogen-bond acceptors (Lipinski definition) is 2. The molecule has 2 rings (SSSR count). The highest BCUT2D eigenvalue weighted by molar-refractivity contribution is 5.70. The minimum Gasteiger partial charge on any atom is -0.436 e. The second-order valence-electron chi connectivity index (χ2n) is 3.82. The predicted molar refractivity (Wildman–Crippen MR) is 52.9 cm³/mol. The molecule has 0 bridgehead atoms. The van der Waals surface area contributed by atoms with Gasteiger partial charge in [-0.15, -0.1) is 0 Å². The number of benzene rings is 1. The third kappa shape index (κ3) is 1.35. The third-order valence-electron chi connectivity index (χ3n) is 2.55. The van der Waals surface area contributed by atoms with E-state index in [0.717, 1.165) is 5.56 Å². The molecule has 0 saturated carbocycles. The summed E-state index contributed by atoms with van der Waals surface area (Å²) in [5, 5.41) is 0. The molecule has 0 spiro atoms. The number of hydrogen-bond donors (Lipinski definition) is 0. The molecule has 1 aliphatic heterocycles. The van der Waals surface area contributed by atoms with Crippen molar-refractivity contribution in [2.45, 2.75) is 12.5 Å². The largest absolute Gasteiger partial charge is 0.436 e. The predicted octanol–water partition coefficient (Wildman–Crippen LogP) is 1.98. The monoisotopic (exact) mass is 191 g/mol. The van der Waals surface area contributed by atoms with Crippen molar-refractivity contribution >= 4 is 6.09 Å². The Kier molecular flexibility index (Phi) is 1.95. The lowest BCUT2D eigenvalue weighted by Crippen LogP contribution is -2.26. The first-order valence-corrected chi connectivity index (χ1v) is 4.61. The van der Waals surface area contributed by atoms with Crippen LogP contribution in [0.15, 0.2) is 30.3 Å². The lowest BCUT2D eigenvalue weighted by Gasteiger charge is -2.21. The minimum absolute atomic E-state index is 0.253. The Balaban J connectivity index is 2.31. The quantitative estimate of drug-likeness (QED) is 0.679. The Morgan fingerprint density at radius 1 is 1.36 bits per heavy atom. The zero-order valence-corrected chi connectivity index (χ0v) is 8.36. The molecule has 1 heterocycles. The molecule has 1 aliphatic rings. The summed E-state index contributed by atoms with van der Waals surface area (Å²) in [7, 11) is 1.75. The molecule has 0 aliphatic carbocycles. The Morgan fingerprint density at radius 3 is 2.50 bits per heavy atom. The molecule has 3 heteroatoms. The van der Waals surface area contributed by atoms with Crippen LogP contribution in [0.5, 0.6) is 0 Å². The first-order valence-electron chi connectivity index (χ1n) is 4.61. The molecule has 0 aromatic heterocycles. The second-order valence-corrected chi connectivity index (χ2v) is 3.82. The SMILES string of the molecule is CN1CC(C)(c2ccccc2)OC1=O. The van der Waals surface area contributed by atoms with Gasteiger partial charge in [-0.05, 0) is 12.5 Å². The molecule has 1 aromatic carbocycles. The van der Waals surface area contributed by atoms with Crippen LogP contribution in [-0.2, 0) is 10.3 Å². The van der Waals surface area contributed by atoms with Crippen LogP contribution in [0.25, 0.3) is 0 Å². The summed E-state index contributed by atoms with van der Waals surface area (Å²) in [6.45, 7) is 2.54. The summed E-state index contributed by atoms with van der Waals surface area (Å²) < 4.78 is 5.33. The fourth-order valence-electron chi connectivity index (χ4n) is 1.76. The van der Waals surface area contributed by atoms with Crippen molar-refractivity contribution in [2.24, 2.45) is 0 Å². The average Bonchev–Trinajstić information content (AvgIpc) is 2.44. The molecule has 14 heavy (non-hydrogen) atoms. The van der Waals surface area contributed by atoms with Crippen LogP contribution >= 0.6 is 0 Å². The van der Waals surface area contributed by atoms with Gasteiger partial charge in [-0.2, -0.15) is 0 Å². The molecule has 1 aromatic rings. The first kappa shape index (κ1) is 9.06. The molecule has 1 atom stereocenters. The van der Waals surface area contributed by atoms with E-state index in [1.807, 2.05) is 37.3 Å². The van der Waals surface area contributed by atoms with Crippen molar-refractivity contribution in [1.29, 1.82) is 0 Å². The Hall–Kier alpha value is -1.51. The van der Waals surface area contributed by atoms with E-state index in [-0.39, 0.29) is 6.09 Å². The summed E-state index contributed by atoms with van der Waals surface area (Å²) in [5.74, 6) is 0. The number of likely N-dealkylation sites (N-methyl/N-ethyl adjacent to an activating group) is 1. The number of ether oxygens (including phenoxy) is 1. The third-order valence-corrected chi connectivity index (χ3v) is 2.55. The van der Waals surface area contributed by atoms with E-state index < -0.39 is 5.60 Å². The molecule has 1 fully saturated rings. The van der Waals surface area contributed by atoms with E-state index >= 15 is 0 Å². The summed E-state index contributed by atoms with van der Waals surface area (Å²) in [5.41, 5.74) is 0.547. The van der Waals surface area contributed by atoms with Gasteiger partial charge in [0.2, 0.25) is 0 Å². The van der Waals surface area contributed by atoms with Crippen LogP contribution in [-0.4, -0.2) is 24.6 Å². The standard InChI is InChI=1S/C11H13NO2/c1-11(8-12(2)10(13)14-11)9-6-4-3-5-7-9/h3-7H,8H2,1-2H3. The zero-order valence-electron chi connectivity index (χ0n) is 8.36. The molecule has 0 radical (unpaired) electrons. The van der Waals surface area contributed by atoms with Gasteiger partial charge in [0, 0.05) is 7.05 Å². The molecule has 3 nitrogen and oxygen atoms in total. The smallest absolute Gasteiger partial charge is 0.410 e. The van der Waals surface area contributed by atoms with Crippen molar-refractivity contribution in [3.63, 3.8) is 0 Å². The molecular weight excluding hydrogens is 178 g/mol. The van der Waals surface area contributed by atoms with E-state index in [9.17, 15) is 4.79 Å². The van der Waals surface area contributed by atoms with Crippen molar-refractivity contribution in [1.82, 2.24) is 4.90 Å². The van der Waals surface area contributed by atoms with Gasteiger partial charge in [0.15, 0.2) is 5.60 Å². The fourth-order valence-corrected chi connectivity index (χ4v) is 1.76. The fraction of sp³-hybridized carbons (Fsp3) is 0.364. The van der Waals surface area contributed by atoms with E-state index in [2.05, 4.69) is 0 Å². The molecule has 1 saturated heterocycles. The maximum Gasteiger partial charge on any atom is 0.410 e. The summed E-state index contributed by atoms with van der Waals surface area (Å²) in [6.07, 6.45) is -0.253. The average molecular weight is 191 g/mol. The number of carbonyl (C=O) groups excluding carboxylic acids is 1. The summed E-state index contributed by atoms with van der Waals surface area (Å²) in [4.78, 5) is 12.9. The van der Waals surface area contributed by atoms with Crippen LogP contribution in [0.4, 0.5) is 4.79 Å². The normalized spacial score (nSPS) is 26.4. The van der Waals surface area contributed by atoms with E-state index in [0.29, 0.717) is 6.54 Å². The van der Waals surface area contributed by atoms with Gasteiger partial charge in [0.25, 0.3) is 0 Å². The minimum atomic E-state index is -0.493. The van der Waals surface area contributed by atoms with Crippen LogP contribution in [0.2, 0.25) is 0 Å². The van der Waals surface area contributed by atoms with Crippen molar-refractivity contribution < 1.29 is 9.53 Å². The molecule has 1 amide bonds. The number of rotatable bonds is 1. The number of cyclic esters (lactones) is 1. The van der Waals surface area contributed by atoms with Crippen LogP contribution < -0.4 is 0 Å². The topological polar surface area (TPSA) is 29.5 Å². The lowest BCUT2D eigenvalue weighted by atomic mass is 9.96. The van der Waals surface area contributed by atoms with Gasteiger partial charge >= 0.3 is 6.09 Å². The first-order chi connectivity index (χ1) is 6.62. The van der Waals surface area contributed by atoms with Crippen LogP contribution in [0, 0.1) is 0 Å². The van der Waals surface area contributed by atoms with Crippen LogP contribution in [0.3, 0.4) is 0 Å². The van der Waals surface area contributed by atoms with E-state index in [1.165, 1.54) is 0 Å². The Morgan fingerprint density at radius 2 is 2.00 bits per heavy atom. The van der Waals surface area contributed by atoms with Crippen LogP contribution in [0.1, 0.15) is 12.5 Å². The van der Waals surface area contributed by atoms with Gasteiger partial charge in [0.1, 0.15) is 0 Å². The molecule has 0 N–H and O–H groups in total. The number of amides is 1. The van der Waals surface area contributed by atoms with E-state index in [4.69, 9.17) is 4.74 Å². The second kappa shape index (κ2) is 3.01. The lowest BCUT2D eigenvalue weighted by molar-refractivity contribution is 0.0701. The number of carbonyl (C=O) groups is 1. The zero-order chi connectivity index (χ0) is 10.2. The van der Waals surface area contributed by atoms with E-state index in [1.54, 1.807) is 11.9 Å². The Bertz CT molecular complexity index is 350. The summed E-state index contributed by atoms with van der Waals surface area (Å²) in [6, 6.07) is 9.81. The van der Waals surface area contributed by atoms with Gasteiger partial charge in [-0.25, -0.2) is 4.79 Å². The maximum absolute atomic E-state index is 11.3. The highest BCUT2D eigenvalue weighted by atomic mass is 16.6. The Labute approximate surface area is 83.3 Å². The molecule has 74 valence electrons. The van der Waals surface area contributed by atoms with Crippen molar-refractivity contribution in [3.8, 4) is 0 Å². The molecule has 1 unspecified atom stereocenters. The molecular formula is C11H13NO2. The van der Waals surface area contributed by atoms with Gasteiger partial charge in [-0.3, -0.25) is 0 Å². The van der Waals surface area contributed by atoms with Crippen molar-refractivity contribution in [3.05, 3.63) is 35.9 Å².